The fourth-order valence-corrected chi connectivity index (χ4v) is 6.51. The number of carbonyl (C=O) groups is 2. The summed E-state index contributed by atoms with van der Waals surface area (Å²) in [4.78, 5) is 31.8. The Morgan fingerprint density at radius 1 is 1.22 bits per heavy atom. The Hall–Kier alpha value is -1.99. The maximum atomic E-state index is 13.1. The average Bonchev–Trinajstić information content (AvgIpc) is 2.81. The number of hydrogen-bond donors (Lipinski definition) is 2. The van der Waals surface area contributed by atoms with Crippen molar-refractivity contribution in [3.05, 3.63) is 30.1 Å². The molecule has 7 nitrogen and oxygen atoms in total. The number of nitrogens with zero attached hydrogens (tertiary/aromatic N) is 2. The topological polar surface area (TPSA) is 91.8 Å². The molecule has 1 aromatic heterocycles. The van der Waals surface area contributed by atoms with Crippen molar-refractivity contribution >= 4 is 11.8 Å². The maximum Gasteiger partial charge on any atom is 0.251 e. The first-order chi connectivity index (χ1) is 15.3. The third kappa shape index (κ3) is 4.42. The number of aromatic nitrogens is 1. The van der Waals surface area contributed by atoms with Crippen molar-refractivity contribution in [2.45, 2.75) is 58.6 Å². The quantitative estimate of drug-likeness (QED) is 0.746. The lowest BCUT2D eigenvalue weighted by Gasteiger charge is -2.56. The van der Waals surface area contributed by atoms with Gasteiger partial charge in [0.15, 0.2) is 0 Å². The van der Waals surface area contributed by atoms with Crippen LogP contribution in [0.2, 0.25) is 0 Å². The molecule has 2 saturated carbocycles. The molecule has 4 rings (SSSR count). The van der Waals surface area contributed by atoms with Crippen molar-refractivity contribution in [1.82, 2.24) is 15.2 Å². The minimum absolute atomic E-state index is 0.00684. The summed E-state index contributed by atoms with van der Waals surface area (Å²) >= 11 is 0. The molecule has 0 radical (unpaired) electrons. The summed E-state index contributed by atoms with van der Waals surface area (Å²) in [5.74, 6) is -0.0506. The highest BCUT2D eigenvalue weighted by Crippen LogP contribution is 2.55. The number of amides is 2. The number of carbonyl (C=O) groups excluding carboxylic acids is 2. The first-order valence-corrected chi connectivity index (χ1v) is 12.1. The molecular weight excluding hydrogens is 406 g/mol. The van der Waals surface area contributed by atoms with Crippen molar-refractivity contribution in [3.63, 3.8) is 0 Å². The fraction of sp³-hybridized carbons (Fsp3) is 0.720. The van der Waals surface area contributed by atoms with Gasteiger partial charge in [0.05, 0.1) is 19.3 Å². The van der Waals surface area contributed by atoms with Gasteiger partial charge in [0.1, 0.15) is 0 Å². The summed E-state index contributed by atoms with van der Waals surface area (Å²) in [5.41, 5.74) is 0.641. The van der Waals surface area contributed by atoms with Gasteiger partial charge in [0.2, 0.25) is 5.91 Å². The number of pyridine rings is 1. The molecule has 2 amide bonds. The molecule has 0 spiro atoms. The SMILES string of the molecule is CC(C(=O)N1CCOCC1)C1CCC2(C)CCC(NC(=O)c3ccncc3)C(C)C2C1O. The molecule has 1 aliphatic heterocycles. The highest BCUT2D eigenvalue weighted by molar-refractivity contribution is 5.94. The summed E-state index contributed by atoms with van der Waals surface area (Å²) < 4.78 is 5.39. The lowest BCUT2D eigenvalue weighted by atomic mass is 9.51. The van der Waals surface area contributed by atoms with E-state index in [1.54, 1.807) is 24.5 Å². The van der Waals surface area contributed by atoms with Crippen LogP contribution in [0.3, 0.4) is 0 Å². The molecule has 32 heavy (non-hydrogen) atoms. The molecule has 1 aromatic rings. The lowest BCUT2D eigenvalue weighted by molar-refractivity contribution is -0.153. The Kier molecular flexibility index (Phi) is 6.86. The van der Waals surface area contributed by atoms with Crippen LogP contribution in [-0.2, 0) is 9.53 Å². The molecule has 7 unspecified atom stereocenters. The standard InChI is InChI=1S/C25H37N3O4/c1-16(24(31)28-12-14-32-15-13-28)19-4-8-25(3)9-5-20(17(2)21(25)22(19)29)27-23(30)18-6-10-26-11-7-18/h6-7,10-11,16-17,19-22,29H,4-5,8-9,12-15H2,1-3H3,(H,27,30). The van der Waals surface area contributed by atoms with E-state index in [2.05, 4.69) is 24.1 Å². The Labute approximate surface area is 190 Å². The number of aliphatic hydroxyl groups excluding tert-OH is 1. The summed E-state index contributed by atoms with van der Waals surface area (Å²) in [6.07, 6.45) is 6.45. The van der Waals surface area contributed by atoms with E-state index >= 15 is 0 Å². The predicted molar refractivity (Wildman–Crippen MR) is 121 cm³/mol. The Morgan fingerprint density at radius 2 is 1.88 bits per heavy atom. The molecule has 0 aromatic carbocycles. The van der Waals surface area contributed by atoms with Crippen LogP contribution in [-0.4, -0.2) is 65.3 Å². The zero-order valence-corrected chi connectivity index (χ0v) is 19.5. The minimum Gasteiger partial charge on any atom is -0.392 e. The molecule has 176 valence electrons. The predicted octanol–water partition coefficient (Wildman–Crippen LogP) is 2.50. The van der Waals surface area contributed by atoms with E-state index < -0.39 is 6.10 Å². The van der Waals surface area contributed by atoms with Crippen LogP contribution in [0.15, 0.2) is 24.5 Å². The van der Waals surface area contributed by atoms with Crippen molar-refractivity contribution in [2.75, 3.05) is 26.3 Å². The molecule has 1 saturated heterocycles. The minimum atomic E-state index is -0.552. The zero-order valence-electron chi connectivity index (χ0n) is 19.5. The largest absolute Gasteiger partial charge is 0.392 e. The summed E-state index contributed by atoms with van der Waals surface area (Å²) in [5, 5.41) is 14.8. The Bertz CT molecular complexity index is 813. The van der Waals surface area contributed by atoms with Crippen LogP contribution in [0.4, 0.5) is 0 Å². The number of fused-ring (bicyclic) bond motifs is 1. The van der Waals surface area contributed by atoms with Crippen molar-refractivity contribution in [3.8, 4) is 0 Å². The average molecular weight is 444 g/mol. The van der Waals surface area contributed by atoms with Crippen molar-refractivity contribution in [2.24, 2.45) is 29.1 Å². The van der Waals surface area contributed by atoms with E-state index in [0.29, 0.717) is 31.9 Å². The second-order valence-electron chi connectivity index (χ2n) is 10.3. The Balaban J connectivity index is 1.47. The number of nitrogens with one attached hydrogen (secondary N) is 1. The number of aliphatic hydroxyl groups is 1. The smallest absolute Gasteiger partial charge is 0.251 e. The Morgan fingerprint density at radius 3 is 2.56 bits per heavy atom. The normalized spacial score (nSPS) is 36.1. The highest BCUT2D eigenvalue weighted by Gasteiger charge is 2.54. The molecule has 2 aliphatic carbocycles. The molecule has 3 fully saturated rings. The van der Waals surface area contributed by atoms with E-state index in [1.165, 1.54) is 0 Å². The first-order valence-electron chi connectivity index (χ1n) is 12.1. The van der Waals surface area contributed by atoms with Gasteiger partial charge in [-0.1, -0.05) is 20.8 Å². The molecule has 3 aliphatic rings. The molecular formula is C25H37N3O4. The fourth-order valence-electron chi connectivity index (χ4n) is 6.51. The zero-order chi connectivity index (χ0) is 22.9. The number of morpholine rings is 1. The van der Waals surface area contributed by atoms with Crippen molar-refractivity contribution in [1.29, 1.82) is 0 Å². The van der Waals surface area contributed by atoms with Crippen LogP contribution in [0.25, 0.3) is 0 Å². The molecule has 2 heterocycles. The second kappa shape index (κ2) is 9.48. The monoisotopic (exact) mass is 443 g/mol. The van der Waals surface area contributed by atoms with E-state index in [9.17, 15) is 14.7 Å². The number of hydrogen-bond acceptors (Lipinski definition) is 5. The van der Waals surface area contributed by atoms with Crippen LogP contribution >= 0.6 is 0 Å². The molecule has 0 bridgehead atoms. The van der Waals surface area contributed by atoms with Gasteiger partial charge in [0, 0.05) is 43.0 Å². The van der Waals surface area contributed by atoms with Gasteiger partial charge < -0.3 is 20.1 Å². The summed E-state index contributed by atoms with van der Waals surface area (Å²) in [6.45, 7) is 8.84. The van der Waals surface area contributed by atoms with Gasteiger partial charge >= 0.3 is 0 Å². The van der Waals surface area contributed by atoms with Crippen molar-refractivity contribution < 1.29 is 19.4 Å². The maximum absolute atomic E-state index is 13.1. The van der Waals surface area contributed by atoms with Gasteiger partial charge in [-0.2, -0.15) is 0 Å². The van der Waals surface area contributed by atoms with Gasteiger partial charge in [-0.3, -0.25) is 14.6 Å². The van der Waals surface area contributed by atoms with E-state index in [-0.39, 0.29) is 46.9 Å². The first kappa shape index (κ1) is 23.2. The molecule has 2 N–H and O–H groups in total. The van der Waals surface area contributed by atoms with Gasteiger partial charge in [-0.15, -0.1) is 0 Å². The summed E-state index contributed by atoms with van der Waals surface area (Å²) in [6, 6.07) is 3.45. The van der Waals surface area contributed by atoms with Crippen LogP contribution in [0.5, 0.6) is 0 Å². The number of rotatable bonds is 4. The van der Waals surface area contributed by atoms with E-state index in [1.807, 2.05) is 11.8 Å². The summed E-state index contributed by atoms with van der Waals surface area (Å²) in [7, 11) is 0. The third-order valence-corrected chi connectivity index (χ3v) is 8.50. The lowest BCUT2D eigenvalue weighted by Crippen LogP contribution is -2.59. The molecule has 7 heteroatoms. The second-order valence-corrected chi connectivity index (χ2v) is 10.3. The number of ether oxygens (including phenoxy) is 1. The van der Waals surface area contributed by atoms with Crippen LogP contribution in [0.1, 0.15) is 56.8 Å². The molecule has 7 atom stereocenters. The van der Waals surface area contributed by atoms with Gasteiger partial charge in [0.25, 0.3) is 5.91 Å². The highest BCUT2D eigenvalue weighted by atomic mass is 16.5. The van der Waals surface area contributed by atoms with Gasteiger partial charge in [-0.25, -0.2) is 0 Å². The van der Waals surface area contributed by atoms with E-state index in [0.717, 1.165) is 25.7 Å². The van der Waals surface area contributed by atoms with Crippen LogP contribution < -0.4 is 5.32 Å². The van der Waals surface area contributed by atoms with Crippen LogP contribution in [0, 0.1) is 29.1 Å². The third-order valence-electron chi connectivity index (χ3n) is 8.50. The van der Waals surface area contributed by atoms with E-state index in [4.69, 9.17) is 4.74 Å². The van der Waals surface area contributed by atoms with Gasteiger partial charge in [-0.05, 0) is 61.0 Å².